The van der Waals surface area contributed by atoms with Crippen molar-refractivity contribution in [2.45, 2.75) is 19.0 Å². The highest BCUT2D eigenvalue weighted by molar-refractivity contribution is 7.98. The summed E-state index contributed by atoms with van der Waals surface area (Å²) in [5.41, 5.74) is -0.727. The van der Waals surface area contributed by atoms with E-state index in [0.717, 1.165) is 17.0 Å². The maximum atomic E-state index is 13.8. The molecule has 0 unspecified atom stereocenters. The van der Waals surface area contributed by atoms with Crippen LogP contribution in [0.2, 0.25) is 0 Å². The first kappa shape index (κ1) is 16.2. The fourth-order valence-electron chi connectivity index (χ4n) is 2.19. The summed E-state index contributed by atoms with van der Waals surface area (Å²) in [6, 6.07) is 2.09. The van der Waals surface area contributed by atoms with Crippen molar-refractivity contribution in [3.05, 3.63) is 39.7 Å². The molecular formula is C13H14FN3O4S. The molecule has 0 saturated carbocycles. The number of benzene rings is 1. The summed E-state index contributed by atoms with van der Waals surface area (Å²) in [5.74, 6) is -0.622. The number of imide groups is 1. The number of hydrogen-bond donors (Lipinski definition) is 1. The van der Waals surface area contributed by atoms with E-state index in [4.69, 9.17) is 0 Å². The number of nitrogens with one attached hydrogen (secondary N) is 1. The van der Waals surface area contributed by atoms with Crippen LogP contribution in [-0.2, 0) is 11.3 Å². The van der Waals surface area contributed by atoms with E-state index in [2.05, 4.69) is 5.32 Å². The molecular weight excluding hydrogens is 313 g/mol. The van der Waals surface area contributed by atoms with E-state index in [-0.39, 0.29) is 5.56 Å². The maximum Gasteiger partial charge on any atom is 0.325 e. The third kappa shape index (κ3) is 3.19. The Morgan fingerprint density at radius 1 is 1.45 bits per heavy atom. The van der Waals surface area contributed by atoms with E-state index in [1.54, 1.807) is 0 Å². The Morgan fingerprint density at radius 3 is 2.82 bits per heavy atom. The average Bonchev–Trinajstić information content (AvgIpc) is 2.74. The second-order valence-corrected chi connectivity index (χ2v) is 5.69. The minimum absolute atomic E-state index is 0.276. The molecule has 1 aliphatic heterocycles. The van der Waals surface area contributed by atoms with Gasteiger partial charge in [0.2, 0.25) is 0 Å². The van der Waals surface area contributed by atoms with Crippen LogP contribution in [0.5, 0.6) is 0 Å². The summed E-state index contributed by atoms with van der Waals surface area (Å²) in [7, 11) is 0. The molecule has 1 aliphatic rings. The van der Waals surface area contributed by atoms with Crippen molar-refractivity contribution in [2.75, 3.05) is 12.0 Å². The molecule has 1 heterocycles. The summed E-state index contributed by atoms with van der Waals surface area (Å²) >= 11 is 1.53. The van der Waals surface area contributed by atoms with E-state index < -0.39 is 41.0 Å². The third-order valence-corrected chi connectivity index (χ3v) is 3.97. The summed E-state index contributed by atoms with van der Waals surface area (Å²) in [5, 5.41) is 13.5. The first-order valence-electron chi connectivity index (χ1n) is 6.48. The molecule has 0 aliphatic carbocycles. The zero-order chi connectivity index (χ0) is 16.3. The van der Waals surface area contributed by atoms with Crippen molar-refractivity contribution in [3.63, 3.8) is 0 Å². The second kappa shape index (κ2) is 6.73. The molecule has 7 nitrogen and oxygen atoms in total. The SMILES string of the molecule is CSCC[C@@H]1NC(=O)N(Cc2c(F)cccc2[N+](=O)[O-])C1=O. The van der Waals surface area contributed by atoms with E-state index in [1.807, 2.05) is 6.26 Å². The van der Waals surface area contributed by atoms with Gasteiger partial charge in [-0.3, -0.25) is 19.8 Å². The molecule has 1 saturated heterocycles. The predicted molar refractivity (Wildman–Crippen MR) is 78.9 cm³/mol. The van der Waals surface area contributed by atoms with Crippen LogP contribution in [0.15, 0.2) is 18.2 Å². The van der Waals surface area contributed by atoms with E-state index >= 15 is 0 Å². The standard InChI is InChI=1S/C13H14FN3O4S/c1-22-6-5-10-12(18)16(13(19)15-10)7-8-9(14)3-2-4-11(8)17(20)21/h2-4,10H,5-7H2,1H3,(H,15,19)/t10-/m0/s1. The van der Waals surface area contributed by atoms with Gasteiger partial charge in [0.1, 0.15) is 11.9 Å². The lowest BCUT2D eigenvalue weighted by Crippen LogP contribution is -2.31. The Labute approximate surface area is 130 Å². The molecule has 9 heteroatoms. The van der Waals surface area contributed by atoms with Gasteiger partial charge in [0.15, 0.2) is 0 Å². The fourth-order valence-corrected chi connectivity index (χ4v) is 2.66. The number of urea groups is 1. The second-order valence-electron chi connectivity index (χ2n) is 4.70. The van der Waals surface area contributed by atoms with Crippen LogP contribution < -0.4 is 5.32 Å². The minimum atomic E-state index is -0.817. The van der Waals surface area contributed by atoms with Gasteiger partial charge in [0.25, 0.3) is 11.6 Å². The largest absolute Gasteiger partial charge is 0.326 e. The Hall–Kier alpha value is -2.16. The van der Waals surface area contributed by atoms with E-state index in [1.165, 1.54) is 17.8 Å². The maximum absolute atomic E-state index is 13.8. The quantitative estimate of drug-likeness (QED) is 0.489. The first-order chi connectivity index (χ1) is 10.5. The number of hydrogen-bond acceptors (Lipinski definition) is 5. The minimum Gasteiger partial charge on any atom is -0.326 e. The van der Waals surface area contributed by atoms with Crippen LogP contribution in [0.1, 0.15) is 12.0 Å². The molecule has 0 radical (unpaired) electrons. The molecule has 22 heavy (non-hydrogen) atoms. The lowest BCUT2D eigenvalue weighted by atomic mass is 10.1. The first-order valence-corrected chi connectivity index (χ1v) is 7.87. The van der Waals surface area contributed by atoms with Gasteiger partial charge < -0.3 is 5.32 Å². The van der Waals surface area contributed by atoms with Crippen LogP contribution in [0.25, 0.3) is 0 Å². The van der Waals surface area contributed by atoms with Crippen molar-refractivity contribution < 1.29 is 18.9 Å². The van der Waals surface area contributed by atoms with Crippen LogP contribution in [0.3, 0.4) is 0 Å². The number of amides is 3. The molecule has 1 aromatic rings. The van der Waals surface area contributed by atoms with Gasteiger partial charge in [-0.2, -0.15) is 11.8 Å². The molecule has 118 valence electrons. The number of nitro groups is 1. The number of carbonyl (C=O) groups excluding carboxylic acids is 2. The van der Waals surface area contributed by atoms with Crippen LogP contribution in [0, 0.1) is 15.9 Å². The Kier molecular flexibility index (Phi) is 4.96. The van der Waals surface area contributed by atoms with Crippen LogP contribution >= 0.6 is 11.8 Å². The van der Waals surface area contributed by atoms with Gasteiger partial charge in [-0.25, -0.2) is 9.18 Å². The summed E-state index contributed by atoms with van der Waals surface area (Å²) < 4.78 is 13.8. The van der Waals surface area contributed by atoms with E-state index in [0.29, 0.717) is 12.2 Å². The molecule has 1 fully saturated rings. The number of carbonyl (C=O) groups is 2. The molecule has 1 N–H and O–H groups in total. The Morgan fingerprint density at radius 2 is 2.18 bits per heavy atom. The average molecular weight is 327 g/mol. The lowest BCUT2D eigenvalue weighted by molar-refractivity contribution is -0.385. The smallest absolute Gasteiger partial charge is 0.325 e. The zero-order valence-electron chi connectivity index (χ0n) is 11.7. The molecule has 1 atom stereocenters. The van der Waals surface area contributed by atoms with Crippen molar-refractivity contribution in [1.82, 2.24) is 10.2 Å². The zero-order valence-corrected chi connectivity index (χ0v) is 12.6. The topological polar surface area (TPSA) is 92.6 Å². The number of nitro benzene ring substituents is 1. The molecule has 0 spiro atoms. The fraction of sp³-hybridized carbons (Fsp3) is 0.385. The predicted octanol–water partition coefficient (Wildman–Crippen LogP) is 1.91. The van der Waals surface area contributed by atoms with Gasteiger partial charge >= 0.3 is 6.03 Å². The highest BCUT2D eigenvalue weighted by Gasteiger charge is 2.38. The summed E-state index contributed by atoms with van der Waals surface area (Å²) in [4.78, 5) is 35.0. The van der Waals surface area contributed by atoms with Crippen LogP contribution in [-0.4, -0.2) is 39.8 Å². The van der Waals surface area contributed by atoms with Crippen molar-refractivity contribution in [1.29, 1.82) is 0 Å². The molecule has 1 aromatic carbocycles. The number of nitrogens with zero attached hydrogens (tertiary/aromatic N) is 2. The third-order valence-electron chi connectivity index (χ3n) is 3.32. The van der Waals surface area contributed by atoms with Gasteiger partial charge in [-0.15, -0.1) is 0 Å². The Balaban J connectivity index is 2.22. The normalized spacial score (nSPS) is 17.7. The molecule has 0 bridgehead atoms. The van der Waals surface area contributed by atoms with Gasteiger partial charge in [0, 0.05) is 6.07 Å². The Bertz CT molecular complexity index is 625. The molecule has 0 aromatic heterocycles. The highest BCUT2D eigenvalue weighted by atomic mass is 32.2. The summed E-state index contributed by atoms with van der Waals surface area (Å²) in [6.45, 7) is -0.455. The van der Waals surface area contributed by atoms with Gasteiger partial charge in [-0.1, -0.05) is 6.07 Å². The molecule has 3 amide bonds. The van der Waals surface area contributed by atoms with Crippen molar-refractivity contribution >= 4 is 29.4 Å². The summed E-state index contributed by atoms with van der Waals surface area (Å²) in [6.07, 6.45) is 2.34. The number of thioether (sulfide) groups is 1. The van der Waals surface area contributed by atoms with Crippen molar-refractivity contribution in [3.8, 4) is 0 Å². The van der Waals surface area contributed by atoms with Crippen molar-refractivity contribution in [2.24, 2.45) is 0 Å². The monoisotopic (exact) mass is 327 g/mol. The lowest BCUT2D eigenvalue weighted by Gasteiger charge is -2.13. The number of halogens is 1. The number of rotatable bonds is 6. The van der Waals surface area contributed by atoms with E-state index in [9.17, 15) is 24.1 Å². The molecule has 2 rings (SSSR count). The van der Waals surface area contributed by atoms with Crippen LogP contribution in [0.4, 0.5) is 14.9 Å². The van der Waals surface area contributed by atoms with Gasteiger partial charge in [0.05, 0.1) is 17.0 Å². The van der Waals surface area contributed by atoms with Gasteiger partial charge in [-0.05, 0) is 24.5 Å². The highest BCUT2D eigenvalue weighted by Crippen LogP contribution is 2.25.